The van der Waals surface area contributed by atoms with Crippen molar-refractivity contribution in [3.05, 3.63) is 54.1 Å². The van der Waals surface area contributed by atoms with Gasteiger partial charge in [-0.3, -0.25) is 0 Å². The van der Waals surface area contributed by atoms with Crippen LogP contribution >= 0.6 is 0 Å². The second kappa shape index (κ2) is 5.54. The summed E-state index contributed by atoms with van der Waals surface area (Å²) in [6, 6.07) is 14.7. The largest absolute Gasteiger partial charge is 0.479 e. The SMILES string of the molecule is CNc1ccccc1-c1ccc(C(O)C(=O)O)cc1. The summed E-state index contributed by atoms with van der Waals surface area (Å²) in [5.41, 5.74) is 3.36. The van der Waals surface area contributed by atoms with Gasteiger partial charge in [0, 0.05) is 18.3 Å². The van der Waals surface area contributed by atoms with E-state index in [1.54, 1.807) is 24.3 Å². The number of carboxylic acids is 1. The molecule has 4 nitrogen and oxygen atoms in total. The fourth-order valence-electron chi connectivity index (χ4n) is 1.94. The predicted octanol–water partition coefficient (Wildman–Crippen LogP) is 2.51. The minimum Gasteiger partial charge on any atom is -0.479 e. The molecule has 0 aliphatic rings. The van der Waals surface area contributed by atoms with Crippen LogP contribution in [0.1, 0.15) is 11.7 Å². The highest BCUT2D eigenvalue weighted by atomic mass is 16.4. The zero-order valence-electron chi connectivity index (χ0n) is 10.5. The van der Waals surface area contributed by atoms with E-state index < -0.39 is 12.1 Å². The second-order valence-corrected chi connectivity index (χ2v) is 4.16. The minimum absolute atomic E-state index is 0.373. The number of para-hydroxylation sites is 1. The molecule has 0 amide bonds. The lowest BCUT2D eigenvalue weighted by Gasteiger charge is -2.10. The zero-order chi connectivity index (χ0) is 13.8. The third-order valence-corrected chi connectivity index (χ3v) is 2.97. The van der Waals surface area contributed by atoms with Crippen LogP contribution in [0.2, 0.25) is 0 Å². The Hall–Kier alpha value is -2.33. The van der Waals surface area contributed by atoms with Crippen LogP contribution in [-0.4, -0.2) is 23.2 Å². The monoisotopic (exact) mass is 257 g/mol. The first-order chi connectivity index (χ1) is 9.13. The molecule has 0 radical (unpaired) electrons. The molecule has 3 N–H and O–H groups in total. The quantitative estimate of drug-likeness (QED) is 0.787. The van der Waals surface area contributed by atoms with Crippen molar-refractivity contribution in [1.29, 1.82) is 0 Å². The van der Waals surface area contributed by atoms with E-state index in [-0.39, 0.29) is 0 Å². The maximum atomic E-state index is 10.7. The lowest BCUT2D eigenvalue weighted by Crippen LogP contribution is -2.10. The summed E-state index contributed by atoms with van der Waals surface area (Å²) < 4.78 is 0. The summed E-state index contributed by atoms with van der Waals surface area (Å²) in [6.07, 6.45) is -1.48. The molecule has 0 aromatic heterocycles. The van der Waals surface area contributed by atoms with Crippen LogP contribution in [0.4, 0.5) is 5.69 Å². The van der Waals surface area contributed by atoms with Crippen molar-refractivity contribution < 1.29 is 15.0 Å². The van der Waals surface area contributed by atoms with Crippen molar-refractivity contribution in [2.24, 2.45) is 0 Å². The molecule has 1 unspecified atom stereocenters. The first-order valence-electron chi connectivity index (χ1n) is 5.91. The van der Waals surface area contributed by atoms with E-state index in [9.17, 15) is 9.90 Å². The summed E-state index contributed by atoms with van der Waals surface area (Å²) in [5.74, 6) is -1.25. The van der Waals surface area contributed by atoms with E-state index in [0.29, 0.717) is 5.56 Å². The number of carbonyl (C=O) groups is 1. The highest BCUT2D eigenvalue weighted by molar-refractivity contribution is 5.79. The van der Waals surface area contributed by atoms with Gasteiger partial charge in [-0.25, -0.2) is 4.79 Å². The normalized spacial score (nSPS) is 11.9. The summed E-state index contributed by atoms with van der Waals surface area (Å²) in [7, 11) is 1.85. The summed E-state index contributed by atoms with van der Waals surface area (Å²) in [6.45, 7) is 0. The van der Waals surface area contributed by atoms with Crippen molar-refractivity contribution in [2.75, 3.05) is 12.4 Å². The summed E-state index contributed by atoms with van der Waals surface area (Å²) in [5, 5.41) is 21.3. The van der Waals surface area contributed by atoms with E-state index in [1.807, 2.05) is 31.3 Å². The molecular weight excluding hydrogens is 242 g/mol. The average molecular weight is 257 g/mol. The lowest BCUT2D eigenvalue weighted by atomic mass is 10.0. The molecule has 2 aromatic carbocycles. The Bertz CT molecular complexity index is 578. The molecule has 0 heterocycles. The molecule has 0 aliphatic heterocycles. The molecule has 0 fully saturated rings. The van der Waals surface area contributed by atoms with Gasteiger partial charge in [0.05, 0.1) is 0 Å². The molecule has 0 bridgehead atoms. The molecule has 2 aromatic rings. The van der Waals surface area contributed by atoms with Gasteiger partial charge in [0.15, 0.2) is 6.10 Å². The maximum absolute atomic E-state index is 10.7. The van der Waals surface area contributed by atoms with Crippen molar-refractivity contribution >= 4 is 11.7 Å². The van der Waals surface area contributed by atoms with Crippen molar-refractivity contribution in [1.82, 2.24) is 0 Å². The fraction of sp³-hybridized carbons (Fsp3) is 0.133. The molecular formula is C15H15NO3. The third-order valence-electron chi connectivity index (χ3n) is 2.97. The third kappa shape index (κ3) is 2.74. The van der Waals surface area contributed by atoms with Gasteiger partial charge in [-0.15, -0.1) is 0 Å². The highest BCUT2D eigenvalue weighted by Gasteiger charge is 2.15. The van der Waals surface area contributed by atoms with E-state index >= 15 is 0 Å². The number of aliphatic carboxylic acids is 1. The molecule has 0 aliphatic carbocycles. The Morgan fingerprint density at radius 2 is 1.74 bits per heavy atom. The van der Waals surface area contributed by atoms with Crippen LogP contribution in [0.25, 0.3) is 11.1 Å². The number of rotatable bonds is 4. The Morgan fingerprint density at radius 1 is 1.11 bits per heavy atom. The van der Waals surface area contributed by atoms with Gasteiger partial charge in [0.25, 0.3) is 0 Å². The smallest absolute Gasteiger partial charge is 0.337 e. The molecule has 1 atom stereocenters. The van der Waals surface area contributed by atoms with E-state index in [4.69, 9.17) is 5.11 Å². The van der Waals surface area contributed by atoms with E-state index in [2.05, 4.69) is 5.32 Å². The fourth-order valence-corrected chi connectivity index (χ4v) is 1.94. The van der Waals surface area contributed by atoms with E-state index in [1.165, 1.54) is 0 Å². The van der Waals surface area contributed by atoms with Crippen LogP contribution in [0.5, 0.6) is 0 Å². The number of hydrogen-bond donors (Lipinski definition) is 3. The predicted molar refractivity (Wildman–Crippen MR) is 74.0 cm³/mol. The molecule has 19 heavy (non-hydrogen) atoms. The van der Waals surface area contributed by atoms with Crippen LogP contribution in [0, 0.1) is 0 Å². The Balaban J connectivity index is 2.35. The molecule has 4 heteroatoms. The Kier molecular flexibility index (Phi) is 3.82. The Labute approximate surface area is 111 Å². The van der Waals surface area contributed by atoms with E-state index in [0.717, 1.165) is 16.8 Å². The second-order valence-electron chi connectivity index (χ2n) is 4.16. The van der Waals surface area contributed by atoms with Gasteiger partial charge in [0.2, 0.25) is 0 Å². The molecule has 0 spiro atoms. The number of nitrogens with one attached hydrogen (secondary N) is 1. The van der Waals surface area contributed by atoms with Gasteiger partial charge in [-0.2, -0.15) is 0 Å². The minimum atomic E-state index is -1.48. The molecule has 0 saturated carbocycles. The zero-order valence-corrected chi connectivity index (χ0v) is 10.5. The van der Waals surface area contributed by atoms with Crippen LogP contribution < -0.4 is 5.32 Å². The highest BCUT2D eigenvalue weighted by Crippen LogP contribution is 2.28. The number of anilines is 1. The van der Waals surface area contributed by atoms with Gasteiger partial charge < -0.3 is 15.5 Å². The lowest BCUT2D eigenvalue weighted by molar-refractivity contribution is -0.146. The number of aliphatic hydroxyl groups is 1. The summed E-state index contributed by atoms with van der Waals surface area (Å²) >= 11 is 0. The van der Waals surface area contributed by atoms with Crippen LogP contribution in [0.3, 0.4) is 0 Å². The molecule has 2 rings (SSSR count). The van der Waals surface area contributed by atoms with Crippen LogP contribution in [-0.2, 0) is 4.79 Å². The number of aliphatic hydroxyl groups excluding tert-OH is 1. The van der Waals surface area contributed by atoms with Gasteiger partial charge in [-0.1, -0.05) is 42.5 Å². The molecule has 98 valence electrons. The van der Waals surface area contributed by atoms with Gasteiger partial charge >= 0.3 is 5.97 Å². The summed E-state index contributed by atoms with van der Waals surface area (Å²) in [4.78, 5) is 10.7. The van der Waals surface area contributed by atoms with Crippen molar-refractivity contribution in [3.8, 4) is 11.1 Å². The van der Waals surface area contributed by atoms with Gasteiger partial charge in [-0.05, 0) is 17.2 Å². The molecule has 0 saturated heterocycles. The maximum Gasteiger partial charge on any atom is 0.337 e. The Morgan fingerprint density at radius 3 is 2.32 bits per heavy atom. The number of benzene rings is 2. The first-order valence-corrected chi connectivity index (χ1v) is 5.91. The topological polar surface area (TPSA) is 69.6 Å². The van der Waals surface area contributed by atoms with Crippen molar-refractivity contribution in [2.45, 2.75) is 6.10 Å². The standard InChI is InChI=1S/C15H15NO3/c1-16-13-5-3-2-4-12(13)10-6-8-11(9-7-10)14(17)15(18)19/h2-9,14,16-17H,1H3,(H,18,19). The van der Waals surface area contributed by atoms with Crippen molar-refractivity contribution in [3.63, 3.8) is 0 Å². The van der Waals surface area contributed by atoms with Crippen LogP contribution in [0.15, 0.2) is 48.5 Å². The number of hydrogen-bond acceptors (Lipinski definition) is 3. The van der Waals surface area contributed by atoms with Gasteiger partial charge in [0.1, 0.15) is 0 Å². The average Bonchev–Trinajstić information content (AvgIpc) is 2.46. The number of carboxylic acid groups (broad SMARTS) is 1. The first kappa shape index (κ1) is 13.1.